The summed E-state index contributed by atoms with van der Waals surface area (Å²) in [5, 5.41) is 65.7. The maximum Gasteiger partial charge on any atom is 0.312 e. The molecule has 0 aliphatic carbocycles. The number of ketones is 1. The van der Waals surface area contributed by atoms with E-state index >= 15 is 0 Å². The second-order valence-corrected chi connectivity index (χ2v) is 16.4. The molecule has 17 heteroatoms. The van der Waals surface area contributed by atoms with Gasteiger partial charge in [-0.3, -0.25) is 19.4 Å². The Kier molecular flexibility index (Phi) is 14.8. The molecule has 17 nitrogen and oxygen atoms in total. The Labute approximate surface area is 355 Å². The Hall–Kier alpha value is -5.20. The number of piperazine rings is 1. The van der Waals surface area contributed by atoms with Crippen molar-refractivity contribution in [3.8, 4) is 23.0 Å². The van der Waals surface area contributed by atoms with Crippen LogP contribution in [0.5, 0.6) is 23.0 Å². The molecule has 2 aromatic carbocycles. The Balaban J connectivity index is 1.71. The smallest absolute Gasteiger partial charge is 0.312 e. The molecule has 2 aromatic rings. The molecular formula is C44H60N4O13. The van der Waals surface area contributed by atoms with Gasteiger partial charge >= 0.3 is 11.8 Å². The lowest BCUT2D eigenvalue weighted by molar-refractivity contribution is -0.163. The third-order valence-corrected chi connectivity index (χ3v) is 12.1. The molecular weight excluding hydrogens is 792 g/mol. The van der Waals surface area contributed by atoms with Crippen LogP contribution in [0.15, 0.2) is 41.2 Å². The van der Waals surface area contributed by atoms with Crippen LogP contribution in [0.2, 0.25) is 0 Å². The van der Waals surface area contributed by atoms with E-state index in [9.17, 15) is 39.9 Å². The lowest BCUT2D eigenvalue weighted by Crippen LogP contribution is -2.47. The quantitative estimate of drug-likeness (QED) is 0.0783. The highest BCUT2D eigenvalue weighted by Gasteiger charge is 2.50. The predicted octanol–water partition coefficient (Wildman–Crippen LogP) is 4.31. The monoisotopic (exact) mass is 852 g/mol. The number of hydrazone groups is 1. The van der Waals surface area contributed by atoms with Crippen molar-refractivity contribution >= 4 is 40.3 Å². The number of anilines is 1. The normalized spacial score (nSPS) is 31.4. The molecule has 4 heterocycles. The number of hydrogen-bond acceptors (Lipinski definition) is 16. The first-order valence-corrected chi connectivity index (χ1v) is 20.4. The number of ether oxygens (including phenoxy) is 5. The van der Waals surface area contributed by atoms with Gasteiger partial charge in [-0.2, -0.15) is 5.10 Å². The summed E-state index contributed by atoms with van der Waals surface area (Å²) in [6.07, 6.45) is 5.30. The zero-order valence-electron chi connectivity index (χ0n) is 36.5. The first kappa shape index (κ1) is 46.9. The second kappa shape index (κ2) is 19.2. The summed E-state index contributed by atoms with van der Waals surface area (Å²) in [4.78, 5) is 42.9. The number of nitrogens with zero attached hydrogens (tertiary/aromatic N) is 3. The molecule has 4 aliphatic heterocycles. The first-order chi connectivity index (χ1) is 28.8. The number of esters is 1. The van der Waals surface area contributed by atoms with E-state index in [1.807, 2.05) is 14.0 Å². The number of benzene rings is 2. The van der Waals surface area contributed by atoms with Crippen molar-refractivity contribution in [3.05, 3.63) is 52.8 Å². The Bertz CT molecular complexity index is 2110. The van der Waals surface area contributed by atoms with E-state index in [0.717, 1.165) is 0 Å². The van der Waals surface area contributed by atoms with E-state index in [2.05, 4.69) is 15.3 Å². The van der Waals surface area contributed by atoms with Gasteiger partial charge in [-0.15, -0.1) is 0 Å². The highest BCUT2D eigenvalue weighted by Crippen LogP contribution is 2.55. The molecule has 5 bridgehead atoms. The van der Waals surface area contributed by atoms with Gasteiger partial charge in [0.2, 0.25) is 0 Å². The van der Waals surface area contributed by atoms with Crippen molar-refractivity contribution in [2.24, 2.45) is 28.8 Å². The van der Waals surface area contributed by atoms with Crippen LogP contribution in [0.25, 0.3) is 10.8 Å². The molecule has 334 valence electrons. The lowest BCUT2D eigenvalue weighted by Gasteiger charge is -2.39. The third kappa shape index (κ3) is 9.50. The number of fused-ring (bicyclic) bond motifs is 14. The minimum atomic E-state index is -2.05. The lowest BCUT2D eigenvalue weighted by atomic mass is 9.78. The van der Waals surface area contributed by atoms with Crippen LogP contribution >= 0.6 is 0 Å². The standard InChI is InChI=1S/C44H60N4O13/c1-22-12-11-13-23(2)43(56)46-34-29(20-45-48-17-15-47(9)16-18-48)37(53)31-32(38(34)54)36(52)27(6)41-33(31)42(55)44(8,61-41)59-19-14-30(57-10)24(3)40(60-28(7)50)26(5)35(51)25(4)39(22)58-21-49/h11-14,19-20,22,24-26,30,35,39-40,49,51-54H,15-18,21H2,1-10H3,(H,46,56)/b12-11+,19-14+,23-13-,45-20?/t22-,24+,25-,26+,30-,35+,39?,40+,44-/m0/s1. The summed E-state index contributed by atoms with van der Waals surface area (Å²) in [7, 11) is 3.42. The van der Waals surface area contributed by atoms with Crippen LogP contribution in [0.1, 0.15) is 70.0 Å². The number of aliphatic hydroxyl groups excluding tert-OH is 2. The molecule has 1 saturated heterocycles. The van der Waals surface area contributed by atoms with Gasteiger partial charge in [0.05, 0.1) is 53.0 Å². The number of carbonyl (C=O) groups excluding carboxylic acids is 3. The van der Waals surface area contributed by atoms with Gasteiger partial charge in [-0.1, -0.05) is 45.9 Å². The van der Waals surface area contributed by atoms with Crippen LogP contribution in [0.4, 0.5) is 5.69 Å². The van der Waals surface area contributed by atoms with Gasteiger partial charge < -0.3 is 59.4 Å². The number of carbonyl (C=O) groups is 3. The topological polar surface area (TPSA) is 229 Å². The second-order valence-electron chi connectivity index (χ2n) is 16.4. The predicted molar refractivity (Wildman–Crippen MR) is 226 cm³/mol. The van der Waals surface area contributed by atoms with Crippen LogP contribution in [-0.4, -0.2) is 137 Å². The van der Waals surface area contributed by atoms with E-state index in [-0.39, 0.29) is 44.5 Å². The van der Waals surface area contributed by atoms with E-state index < -0.39 is 95.6 Å². The van der Waals surface area contributed by atoms with Crippen molar-refractivity contribution in [1.29, 1.82) is 0 Å². The van der Waals surface area contributed by atoms with Crippen molar-refractivity contribution < 1.29 is 63.6 Å². The van der Waals surface area contributed by atoms with E-state index in [0.29, 0.717) is 26.2 Å². The van der Waals surface area contributed by atoms with Gasteiger partial charge in [-0.25, -0.2) is 0 Å². The number of aromatic hydroxyl groups is 3. The highest BCUT2D eigenvalue weighted by molar-refractivity contribution is 6.23. The van der Waals surface area contributed by atoms with E-state index in [1.165, 1.54) is 59.4 Å². The van der Waals surface area contributed by atoms with E-state index in [4.69, 9.17) is 23.7 Å². The number of hydrogen-bond donors (Lipinski definition) is 6. The van der Waals surface area contributed by atoms with Crippen molar-refractivity contribution in [2.75, 3.05) is 52.4 Å². The number of phenols is 3. The van der Waals surface area contributed by atoms with Gasteiger partial charge in [0.25, 0.3) is 11.7 Å². The van der Waals surface area contributed by atoms with Crippen LogP contribution in [0.3, 0.4) is 0 Å². The summed E-state index contributed by atoms with van der Waals surface area (Å²) >= 11 is 0. The number of methoxy groups -OCH3 is 1. The van der Waals surface area contributed by atoms with Gasteiger partial charge in [-0.05, 0) is 27.0 Å². The summed E-state index contributed by atoms with van der Waals surface area (Å²) in [5.74, 6) is -8.22. The molecule has 61 heavy (non-hydrogen) atoms. The molecule has 0 aromatic heterocycles. The first-order valence-electron chi connectivity index (χ1n) is 20.4. The van der Waals surface area contributed by atoms with Crippen LogP contribution in [0, 0.1) is 30.6 Å². The Morgan fingerprint density at radius 1 is 0.984 bits per heavy atom. The summed E-state index contributed by atoms with van der Waals surface area (Å²) in [6.45, 7) is 14.6. The molecule has 0 saturated carbocycles. The average Bonchev–Trinajstić information content (AvgIpc) is 3.48. The number of Topliss-reactive ketones (excluding diaryl/α,β-unsaturated/α-hetero) is 1. The fourth-order valence-corrected chi connectivity index (χ4v) is 8.30. The zero-order valence-corrected chi connectivity index (χ0v) is 36.5. The molecule has 4 aliphatic rings. The highest BCUT2D eigenvalue weighted by atomic mass is 16.7. The summed E-state index contributed by atoms with van der Waals surface area (Å²) in [5.41, 5.74) is -0.364. The molecule has 1 unspecified atom stereocenters. The summed E-state index contributed by atoms with van der Waals surface area (Å²) < 4.78 is 29.4. The SMILES string of the molecule is CO[C@H]1/C=C/O[C@@]2(C)Oc3c(C)c(O)c4c(O)c(c(C=NN5CCN(C)CC5)c(O)c4c3C2=O)NC(=O)/C(C)=C\C=C\[C@H](C)C(OCO)[C@@H](C)[C@@H](O)[C@@H](C)[C@H](OC(C)=O)[C@@H]1C. The van der Waals surface area contributed by atoms with Crippen LogP contribution in [-0.2, 0) is 28.5 Å². The van der Waals surface area contributed by atoms with Crippen LogP contribution < -0.4 is 10.1 Å². The minimum absolute atomic E-state index is 0.0525. The maximum absolute atomic E-state index is 14.5. The molecule has 6 N–H and O–H groups in total. The van der Waals surface area contributed by atoms with E-state index in [1.54, 1.807) is 37.9 Å². The fraction of sp³-hybridized carbons (Fsp3) is 0.545. The number of nitrogens with one attached hydrogen (secondary N) is 1. The molecule has 6 rings (SSSR count). The number of rotatable bonds is 6. The number of aliphatic hydroxyl groups is 2. The number of likely N-dealkylation sites (N-methyl/N-ethyl adjacent to an activating group) is 1. The van der Waals surface area contributed by atoms with Crippen molar-refractivity contribution in [1.82, 2.24) is 9.91 Å². The molecule has 1 fully saturated rings. The van der Waals surface area contributed by atoms with Gasteiger partial charge in [0, 0.05) is 87.3 Å². The maximum atomic E-state index is 14.5. The number of amides is 1. The fourth-order valence-electron chi connectivity index (χ4n) is 8.30. The third-order valence-electron chi connectivity index (χ3n) is 12.1. The van der Waals surface area contributed by atoms with Crippen molar-refractivity contribution in [2.45, 2.75) is 85.6 Å². The van der Waals surface area contributed by atoms with Gasteiger partial charge in [0.15, 0.2) is 5.75 Å². The number of allylic oxidation sites excluding steroid dienone is 2. The van der Waals surface area contributed by atoms with Gasteiger partial charge in [0.1, 0.15) is 30.1 Å². The molecule has 9 atom stereocenters. The number of phenolic OH excluding ortho intramolecular Hbond substituents is 3. The molecule has 1 amide bonds. The molecule has 0 spiro atoms. The minimum Gasteiger partial charge on any atom is -0.507 e. The Morgan fingerprint density at radius 2 is 1.64 bits per heavy atom. The van der Waals surface area contributed by atoms with Crippen molar-refractivity contribution in [3.63, 3.8) is 0 Å². The largest absolute Gasteiger partial charge is 0.507 e. The average molecular weight is 853 g/mol. The zero-order chi connectivity index (χ0) is 45.1. The molecule has 0 radical (unpaired) electrons. The Morgan fingerprint density at radius 3 is 2.26 bits per heavy atom. The summed E-state index contributed by atoms with van der Waals surface area (Å²) in [6, 6.07) is 0.